The second-order valence-electron chi connectivity index (χ2n) is 4.85. The zero-order valence-electron chi connectivity index (χ0n) is 12.1. The number of likely N-dealkylation sites (N-methyl/N-ethyl adjacent to an activating group) is 1. The summed E-state index contributed by atoms with van der Waals surface area (Å²) in [7, 11) is 0.214. The van der Waals surface area contributed by atoms with E-state index in [2.05, 4.69) is 4.99 Å². The number of alkyl halides is 12. The summed E-state index contributed by atoms with van der Waals surface area (Å²) in [4.78, 5) is 0.671. The molecule has 1 fully saturated rings. The van der Waals surface area contributed by atoms with Crippen molar-refractivity contribution in [2.45, 2.75) is 42.8 Å². The smallest absolute Gasteiger partial charge is 0.338 e. The average Bonchev–Trinajstić information content (AvgIpc) is 2.68. The van der Waals surface area contributed by atoms with Crippen molar-refractivity contribution in [3.05, 3.63) is 0 Å². The summed E-state index contributed by atoms with van der Waals surface area (Å²) in [5.74, 6) is -2.55. The first-order valence-electron chi connectivity index (χ1n) is 6.16. The van der Waals surface area contributed by atoms with Crippen LogP contribution in [0.1, 0.15) is 6.92 Å². The zero-order chi connectivity index (χ0) is 20.3. The molecule has 25 heavy (non-hydrogen) atoms. The number of hydrogen-bond acceptors (Lipinski definition) is 2. The van der Waals surface area contributed by atoms with E-state index in [-0.39, 0.29) is 7.05 Å². The molecule has 0 radical (unpaired) electrons. The van der Waals surface area contributed by atoms with Gasteiger partial charge in [0.05, 0.1) is 0 Å². The highest BCUT2D eigenvalue weighted by atomic mass is 19.4. The van der Waals surface area contributed by atoms with Gasteiger partial charge in [0.25, 0.3) is 11.2 Å². The van der Waals surface area contributed by atoms with Crippen molar-refractivity contribution in [3.8, 4) is 0 Å². The number of amidine groups is 1. The second kappa shape index (κ2) is 5.54. The van der Waals surface area contributed by atoms with E-state index in [0.29, 0.717) is 12.2 Å². The van der Waals surface area contributed by atoms with Gasteiger partial charge in [-0.05, 0) is 6.54 Å². The lowest BCUT2D eigenvalue weighted by atomic mass is 9.93. The van der Waals surface area contributed by atoms with Gasteiger partial charge in [0.15, 0.2) is 0 Å². The Morgan fingerprint density at radius 2 is 1.16 bits per heavy atom. The summed E-state index contributed by atoms with van der Waals surface area (Å²) in [6.45, 7) is -1.59. The summed E-state index contributed by atoms with van der Waals surface area (Å²) in [5, 5.41) is 0.325. The molecule has 1 aliphatic rings. The second-order valence-corrected chi connectivity index (χ2v) is 4.85. The number of rotatable bonds is 1. The van der Waals surface area contributed by atoms with Crippen molar-refractivity contribution in [1.82, 2.24) is 10.2 Å². The first kappa shape index (κ1) is 21.6. The highest BCUT2D eigenvalue weighted by molar-refractivity contribution is 5.96. The highest BCUT2D eigenvalue weighted by Gasteiger charge is 2.91. The molecule has 0 aromatic rings. The van der Waals surface area contributed by atoms with Crippen LogP contribution < -0.4 is 5.32 Å². The summed E-state index contributed by atoms with van der Waals surface area (Å²) >= 11 is 0. The van der Waals surface area contributed by atoms with Crippen molar-refractivity contribution in [3.63, 3.8) is 0 Å². The van der Waals surface area contributed by atoms with Crippen LogP contribution >= 0.6 is 0 Å². The molecule has 0 aromatic heterocycles. The molecule has 3 nitrogen and oxygen atoms in total. The fraction of sp³-hybridized carbons (Fsp3) is 0.900. The van der Waals surface area contributed by atoms with Crippen LogP contribution in [0.3, 0.4) is 0 Å². The van der Waals surface area contributed by atoms with E-state index in [4.69, 9.17) is 0 Å². The molecule has 0 aliphatic carbocycles. The van der Waals surface area contributed by atoms with Gasteiger partial charge in [-0.2, -0.15) is 52.7 Å². The fourth-order valence-corrected chi connectivity index (χ4v) is 2.74. The molecule has 1 heterocycles. The predicted octanol–water partition coefficient (Wildman–Crippen LogP) is 3.62. The Labute approximate surface area is 131 Å². The van der Waals surface area contributed by atoms with Crippen LogP contribution in [-0.4, -0.2) is 60.2 Å². The summed E-state index contributed by atoms with van der Waals surface area (Å²) < 4.78 is 159. The minimum atomic E-state index is -6.60. The van der Waals surface area contributed by atoms with Gasteiger partial charge >= 0.3 is 24.7 Å². The highest BCUT2D eigenvalue weighted by Crippen LogP contribution is 2.59. The Bertz CT molecular complexity index is 509. The molecule has 1 N–H and O–H groups in total. The predicted molar refractivity (Wildman–Crippen MR) is 58.6 cm³/mol. The summed E-state index contributed by atoms with van der Waals surface area (Å²) in [6, 6.07) is 0. The Balaban J connectivity index is 4.08. The zero-order valence-corrected chi connectivity index (χ0v) is 12.1. The van der Waals surface area contributed by atoms with Gasteiger partial charge in [0.2, 0.25) is 0 Å². The molecule has 1 rings (SSSR count). The van der Waals surface area contributed by atoms with Gasteiger partial charge < -0.3 is 5.32 Å². The van der Waals surface area contributed by atoms with Crippen LogP contribution in [0.2, 0.25) is 0 Å². The summed E-state index contributed by atoms with van der Waals surface area (Å²) in [6.07, 6.45) is -26.4. The molecule has 0 spiro atoms. The molecular weight excluding hydrogens is 390 g/mol. The lowest BCUT2D eigenvalue weighted by Gasteiger charge is -2.46. The standard InChI is InChI=1S/C10H9F12N3/c1-3-25-5(7(11,12)13,8(14,15)16)4(23-2)24-6(25,9(17,18)19)10(20,21)22/h3H2,1-2H3,(H,23,24). The quantitative estimate of drug-likeness (QED) is 0.683. The molecule has 0 bridgehead atoms. The van der Waals surface area contributed by atoms with Crippen LogP contribution in [-0.2, 0) is 0 Å². The lowest BCUT2D eigenvalue weighted by molar-refractivity contribution is -0.384. The largest absolute Gasteiger partial charge is 0.434 e. The molecule has 0 amide bonds. The fourth-order valence-electron chi connectivity index (χ4n) is 2.74. The van der Waals surface area contributed by atoms with E-state index < -0.39 is 53.2 Å². The molecule has 0 unspecified atom stereocenters. The Hall–Kier alpha value is -1.41. The third kappa shape index (κ3) is 2.52. The lowest BCUT2D eigenvalue weighted by Crippen LogP contribution is -2.76. The van der Waals surface area contributed by atoms with Crippen molar-refractivity contribution in [1.29, 1.82) is 0 Å². The Morgan fingerprint density at radius 1 is 0.800 bits per heavy atom. The third-order valence-electron chi connectivity index (χ3n) is 3.63. The van der Waals surface area contributed by atoms with Gasteiger partial charge in [-0.3, -0.25) is 4.99 Å². The molecule has 0 saturated carbocycles. The molecule has 0 aromatic carbocycles. The minimum Gasteiger partial charge on any atom is -0.338 e. The maximum absolute atomic E-state index is 13.3. The van der Waals surface area contributed by atoms with Crippen LogP contribution in [0.4, 0.5) is 52.7 Å². The van der Waals surface area contributed by atoms with Crippen LogP contribution in [0.25, 0.3) is 0 Å². The first-order valence-corrected chi connectivity index (χ1v) is 6.16. The Kier molecular flexibility index (Phi) is 4.80. The van der Waals surface area contributed by atoms with Crippen LogP contribution in [0.15, 0.2) is 4.99 Å². The van der Waals surface area contributed by atoms with Crippen LogP contribution in [0.5, 0.6) is 0 Å². The topological polar surface area (TPSA) is 27.6 Å². The Morgan fingerprint density at radius 3 is 1.36 bits per heavy atom. The van der Waals surface area contributed by atoms with E-state index in [0.717, 1.165) is 0 Å². The normalized spacial score (nSPS) is 23.8. The van der Waals surface area contributed by atoms with Gasteiger partial charge in [-0.15, -0.1) is 0 Å². The van der Waals surface area contributed by atoms with Gasteiger partial charge in [-0.1, -0.05) is 6.92 Å². The van der Waals surface area contributed by atoms with Crippen molar-refractivity contribution in [2.24, 2.45) is 4.99 Å². The molecule has 1 aliphatic heterocycles. The van der Waals surface area contributed by atoms with E-state index in [9.17, 15) is 52.7 Å². The van der Waals surface area contributed by atoms with E-state index in [1.165, 1.54) is 0 Å². The maximum Gasteiger partial charge on any atom is 0.434 e. The van der Waals surface area contributed by atoms with Gasteiger partial charge in [-0.25, -0.2) is 4.90 Å². The molecule has 15 heteroatoms. The number of aliphatic imine (C=N–C) groups is 1. The number of hydrogen-bond donors (Lipinski definition) is 1. The maximum atomic E-state index is 13.3. The van der Waals surface area contributed by atoms with Gasteiger partial charge in [0, 0.05) is 7.05 Å². The van der Waals surface area contributed by atoms with Gasteiger partial charge in [0.1, 0.15) is 5.84 Å². The average molecular weight is 399 g/mol. The molecule has 0 atom stereocenters. The van der Waals surface area contributed by atoms with E-state index >= 15 is 0 Å². The number of halogens is 12. The monoisotopic (exact) mass is 399 g/mol. The SMILES string of the molecule is CCN1C(C(F)(F)F)(C(F)(F)F)NC(=NC)C1(C(F)(F)F)C(F)(F)F. The van der Waals surface area contributed by atoms with Crippen molar-refractivity contribution in [2.75, 3.05) is 13.6 Å². The molecular formula is C10H9F12N3. The van der Waals surface area contributed by atoms with Crippen molar-refractivity contribution < 1.29 is 52.7 Å². The molecule has 148 valence electrons. The van der Waals surface area contributed by atoms with E-state index in [1.54, 1.807) is 0 Å². The first-order chi connectivity index (χ1) is 10.9. The number of nitrogens with zero attached hydrogens (tertiary/aromatic N) is 2. The molecule has 1 saturated heterocycles. The van der Waals surface area contributed by atoms with Crippen molar-refractivity contribution >= 4 is 5.84 Å². The summed E-state index contributed by atoms with van der Waals surface area (Å²) in [5.41, 5.74) is -11.2. The van der Waals surface area contributed by atoms with Crippen LogP contribution in [0, 0.1) is 0 Å². The minimum absolute atomic E-state index is 0.214. The van der Waals surface area contributed by atoms with E-state index in [1.807, 2.05) is 0 Å². The third-order valence-corrected chi connectivity index (χ3v) is 3.63. The number of nitrogens with one attached hydrogen (secondary N) is 1.